The van der Waals surface area contributed by atoms with E-state index in [4.69, 9.17) is 0 Å². The molecule has 0 saturated carbocycles. The summed E-state index contributed by atoms with van der Waals surface area (Å²) in [6, 6.07) is 0.357. The van der Waals surface area contributed by atoms with Crippen molar-refractivity contribution in [3.05, 3.63) is 10.6 Å². The van der Waals surface area contributed by atoms with Crippen LogP contribution in [0.5, 0.6) is 0 Å². The van der Waals surface area contributed by atoms with E-state index >= 15 is 0 Å². The van der Waals surface area contributed by atoms with Crippen molar-refractivity contribution < 1.29 is 4.79 Å². The van der Waals surface area contributed by atoms with Crippen LogP contribution in [-0.2, 0) is 6.42 Å². The number of piperidine rings is 1. The predicted molar refractivity (Wildman–Crippen MR) is 71.9 cm³/mol. The van der Waals surface area contributed by atoms with E-state index in [1.165, 1.54) is 11.5 Å². The van der Waals surface area contributed by atoms with Crippen molar-refractivity contribution in [1.82, 2.24) is 19.8 Å². The average Bonchev–Trinajstić information content (AvgIpc) is 2.89. The molecule has 0 atom stereocenters. The molecule has 5 nitrogen and oxygen atoms in total. The summed E-state index contributed by atoms with van der Waals surface area (Å²) in [5, 5.41) is 7.36. The third-order valence-corrected chi connectivity index (χ3v) is 4.19. The van der Waals surface area contributed by atoms with Crippen LogP contribution in [0.4, 0.5) is 0 Å². The fourth-order valence-electron chi connectivity index (χ4n) is 2.42. The van der Waals surface area contributed by atoms with Crippen molar-refractivity contribution in [2.24, 2.45) is 0 Å². The van der Waals surface area contributed by atoms with E-state index in [2.05, 4.69) is 14.9 Å². The van der Waals surface area contributed by atoms with Crippen molar-refractivity contribution in [2.45, 2.75) is 39.2 Å². The van der Waals surface area contributed by atoms with Gasteiger partial charge < -0.3 is 10.2 Å². The number of amides is 1. The highest BCUT2D eigenvalue weighted by Crippen LogP contribution is 2.19. The molecule has 18 heavy (non-hydrogen) atoms. The maximum absolute atomic E-state index is 12.6. The van der Waals surface area contributed by atoms with Crippen LogP contribution in [-0.4, -0.2) is 46.1 Å². The summed E-state index contributed by atoms with van der Waals surface area (Å²) in [5.74, 6) is 0.108. The highest BCUT2D eigenvalue weighted by atomic mass is 32.1. The molecule has 1 aromatic rings. The first kappa shape index (κ1) is 13.4. The summed E-state index contributed by atoms with van der Waals surface area (Å²) < 4.78 is 3.91. The van der Waals surface area contributed by atoms with Gasteiger partial charge in [0, 0.05) is 12.6 Å². The van der Waals surface area contributed by atoms with Crippen LogP contribution in [0.2, 0.25) is 0 Å². The lowest BCUT2D eigenvalue weighted by atomic mass is 10.0. The number of nitrogens with zero attached hydrogens (tertiary/aromatic N) is 3. The molecule has 1 saturated heterocycles. The number of nitrogens with one attached hydrogen (secondary N) is 1. The Morgan fingerprint density at radius 1 is 1.44 bits per heavy atom. The molecule has 6 heteroatoms. The Morgan fingerprint density at radius 2 is 2.17 bits per heavy atom. The average molecular weight is 268 g/mol. The van der Waals surface area contributed by atoms with Crippen LogP contribution in [0.15, 0.2) is 0 Å². The number of rotatable bonds is 4. The summed E-state index contributed by atoms with van der Waals surface area (Å²) in [5.41, 5.74) is 0.831. The number of aromatic nitrogens is 2. The summed E-state index contributed by atoms with van der Waals surface area (Å²) >= 11 is 1.22. The quantitative estimate of drug-likeness (QED) is 0.894. The van der Waals surface area contributed by atoms with Gasteiger partial charge in [0.2, 0.25) is 0 Å². The molecule has 2 rings (SSSR count). The molecular weight excluding hydrogens is 248 g/mol. The lowest BCUT2D eigenvalue weighted by Gasteiger charge is -2.33. The fourth-order valence-corrected chi connectivity index (χ4v) is 3.13. The number of carbonyl (C=O) groups is 1. The van der Waals surface area contributed by atoms with Crippen molar-refractivity contribution >= 4 is 17.4 Å². The zero-order chi connectivity index (χ0) is 13.0. The van der Waals surface area contributed by atoms with E-state index in [0.717, 1.165) is 49.5 Å². The summed E-state index contributed by atoms with van der Waals surface area (Å²) in [6.07, 6.45) is 2.84. The molecule has 2 heterocycles. The van der Waals surface area contributed by atoms with Gasteiger partial charge in [-0.15, -0.1) is 5.10 Å². The molecule has 1 fully saturated rings. The monoisotopic (exact) mass is 268 g/mol. The SMILES string of the molecule is CCc1nnsc1C(=O)N(CC)C1CCNCC1. The van der Waals surface area contributed by atoms with E-state index in [0.29, 0.717) is 6.04 Å². The number of carbonyl (C=O) groups excluding carboxylic acids is 1. The van der Waals surface area contributed by atoms with Gasteiger partial charge in [0.15, 0.2) is 0 Å². The number of hydrogen-bond donors (Lipinski definition) is 1. The number of hydrogen-bond acceptors (Lipinski definition) is 5. The minimum Gasteiger partial charge on any atom is -0.335 e. The first-order chi connectivity index (χ1) is 8.77. The lowest BCUT2D eigenvalue weighted by Crippen LogP contribution is -2.46. The van der Waals surface area contributed by atoms with Crippen LogP contribution in [0.3, 0.4) is 0 Å². The van der Waals surface area contributed by atoms with Gasteiger partial charge in [-0.2, -0.15) is 0 Å². The normalized spacial score (nSPS) is 16.8. The second-order valence-electron chi connectivity index (χ2n) is 4.47. The Kier molecular flexibility index (Phi) is 4.66. The minimum atomic E-state index is 0.108. The Balaban J connectivity index is 2.14. The second-order valence-corrected chi connectivity index (χ2v) is 5.23. The smallest absolute Gasteiger partial charge is 0.267 e. The molecule has 0 aliphatic carbocycles. The zero-order valence-corrected chi connectivity index (χ0v) is 11.8. The van der Waals surface area contributed by atoms with Gasteiger partial charge >= 0.3 is 0 Å². The first-order valence-corrected chi connectivity index (χ1v) is 7.38. The van der Waals surface area contributed by atoms with Crippen molar-refractivity contribution in [3.63, 3.8) is 0 Å². The molecular formula is C12H20N4OS. The molecule has 0 radical (unpaired) electrons. The number of aryl methyl sites for hydroxylation is 1. The van der Waals surface area contributed by atoms with E-state index in [-0.39, 0.29) is 5.91 Å². The van der Waals surface area contributed by atoms with Crippen molar-refractivity contribution in [1.29, 1.82) is 0 Å². The topological polar surface area (TPSA) is 58.1 Å². The van der Waals surface area contributed by atoms with Gasteiger partial charge in [0.1, 0.15) is 4.88 Å². The summed E-state index contributed by atoms with van der Waals surface area (Å²) in [6.45, 7) is 6.80. The molecule has 0 aromatic carbocycles. The van der Waals surface area contributed by atoms with Gasteiger partial charge in [-0.05, 0) is 50.8 Å². The molecule has 100 valence electrons. The third-order valence-electron chi connectivity index (χ3n) is 3.44. The van der Waals surface area contributed by atoms with E-state index in [1.807, 2.05) is 18.7 Å². The van der Waals surface area contributed by atoms with E-state index < -0.39 is 0 Å². The van der Waals surface area contributed by atoms with Gasteiger partial charge in [-0.1, -0.05) is 11.4 Å². The maximum atomic E-state index is 12.6. The molecule has 1 N–H and O–H groups in total. The molecule has 1 aliphatic rings. The maximum Gasteiger partial charge on any atom is 0.267 e. The van der Waals surface area contributed by atoms with Gasteiger partial charge in [-0.3, -0.25) is 4.79 Å². The fraction of sp³-hybridized carbons (Fsp3) is 0.750. The van der Waals surface area contributed by atoms with Crippen molar-refractivity contribution in [2.75, 3.05) is 19.6 Å². The minimum absolute atomic E-state index is 0.108. The first-order valence-electron chi connectivity index (χ1n) is 6.60. The van der Waals surface area contributed by atoms with Gasteiger partial charge in [0.05, 0.1) is 5.69 Å². The Hall–Kier alpha value is -1.01. The van der Waals surface area contributed by atoms with Crippen molar-refractivity contribution in [3.8, 4) is 0 Å². The van der Waals surface area contributed by atoms with Crippen LogP contribution in [0.25, 0.3) is 0 Å². The van der Waals surface area contributed by atoms with Gasteiger partial charge in [-0.25, -0.2) is 0 Å². The Morgan fingerprint density at radius 3 is 2.78 bits per heavy atom. The summed E-state index contributed by atoms with van der Waals surface area (Å²) in [4.78, 5) is 15.3. The highest BCUT2D eigenvalue weighted by Gasteiger charge is 2.27. The third kappa shape index (κ3) is 2.70. The van der Waals surface area contributed by atoms with Gasteiger partial charge in [0.25, 0.3) is 5.91 Å². The molecule has 1 amide bonds. The van der Waals surface area contributed by atoms with E-state index in [1.54, 1.807) is 0 Å². The molecule has 0 spiro atoms. The van der Waals surface area contributed by atoms with Crippen LogP contribution in [0, 0.1) is 0 Å². The standard InChI is InChI=1S/C12H20N4OS/c1-3-10-11(18-15-14-10)12(17)16(4-2)9-5-7-13-8-6-9/h9,13H,3-8H2,1-2H3. The second kappa shape index (κ2) is 6.24. The zero-order valence-electron chi connectivity index (χ0n) is 11.0. The highest BCUT2D eigenvalue weighted by molar-refractivity contribution is 7.08. The van der Waals surface area contributed by atoms with Crippen LogP contribution < -0.4 is 5.32 Å². The Labute approximate surface area is 112 Å². The van der Waals surface area contributed by atoms with Crippen LogP contribution >= 0.6 is 11.5 Å². The largest absolute Gasteiger partial charge is 0.335 e. The summed E-state index contributed by atoms with van der Waals surface area (Å²) in [7, 11) is 0. The Bertz CT molecular complexity index is 401. The molecule has 1 aliphatic heterocycles. The van der Waals surface area contributed by atoms with E-state index in [9.17, 15) is 4.79 Å². The lowest BCUT2D eigenvalue weighted by molar-refractivity contribution is 0.0660. The van der Waals surface area contributed by atoms with Crippen LogP contribution in [0.1, 0.15) is 42.1 Å². The predicted octanol–water partition coefficient (Wildman–Crippen LogP) is 1.31. The molecule has 1 aromatic heterocycles. The molecule has 0 unspecified atom stereocenters. The molecule has 0 bridgehead atoms.